The van der Waals surface area contributed by atoms with E-state index in [1.54, 1.807) is 4.90 Å². The van der Waals surface area contributed by atoms with Gasteiger partial charge in [-0.1, -0.05) is 72.5 Å². The summed E-state index contributed by atoms with van der Waals surface area (Å²) in [4.78, 5) is 15.2. The molecule has 0 spiro atoms. The van der Waals surface area contributed by atoms with Crippen molar-refractivity contribution in [3.63, 3.8) is 0 Å². The number of carbonyl (C=O) groups is 1. The highest BCUT2D eigenvalue weighted by Gasteiger charge is 2.32. The number of fused-ring (bicyclic) bond motifs is 1. The van der Waals surface area contributed by atoms with E-state index in [4.69, 9.17) is 12.2 Å². The van der Waals surface area contributed by atoms with Gasteiger partial charge in [0.25, 0.3) is 5.91 Å². The molecule has 3 aromatic rings. The van der Waals surface area contributed by atoms with Crippen LogP contribution in [-0.4, -0.2) is 19.7 Å². The van der Waals surface area contributed by atoms with Gasteiger partial charge in [-0.25, -0.2) is 0 Å². The Morgan fingerprint density at radius 3 is 2.60 bits per heavy atom. The summed E-state index contributed by atoms with van der Waals surface area (Å²) < 4.78 is 2.69. The third-order valence-electron chi connectivity index (χ3n) is 4.27. The number of thioether (sulfide) groups is 1. The molecule has 4 rings (SSSR count). The number of carbonyl (C=O) groups excluding carboxylic acids is 1. The van der Waals surface area contributed by atoms with Crippen LogP contribution in [0.25, 0.3) is 17.0 Å². The molecule has 3 nitrogen and oxygen atoms in total. The molecule has 0 aliphatic carbocycles. The maximum Gasteiger partial charge on any atom is 0.266 e. The Bertz CT molecular complexity index is 1000. The predicted molar refractivity (Wildman–Crippen MR) is 108 cm³/mol. The summed E-state index contributed by atoms with van der Waals surface area (Å²) in [6.45, 7) is 0.512. The molecule has 5 heteroatoms. The number of amides is 1. The Labute approximate surface area is 155 Å². The number of hydrogen-bond donors (Lipinski definition) is 0. The third-order valence-corrected chi connectivity index (χ3v) is 5.65. The lowest BCUT2D eigenvalue weighted by atomic mass is 10.1. The number of rotatable bonds is 3. The topological polar surface area (TPSA) is 25.2 Å². The third kappa shape index (κ3) is 3.01. The first-order valence-corrected chi connectivity index (χ1v) is 9.19. The van der Waals surface area contributed by atoms with Crippen LogP contribution in [0.15, 0.2) is 65.7 Å². The summed E-state index contributed by atoms with van der Waals surface area (Å²) in [7, 11) is 2.01. The fraction of sp³-hybridized carbons (Fsp3) is 0.100. The highest BCUT2D eigenvalue weighted by atomic mass is 32.2. The van der Waals surface area contributed by atoms with Crippen molar-refractivity contribution in [2.75, 3.05) is 0 Å². The van der Waals surface area contributed by atoms with Crippen molar-refractivity contribution in [1.29, 1.82) is 0 Å². The van der Waals surface area contributed by atoms with Gasteiger partial charge in [-0.05, 0) is 17.7 Å². The largest absolute Gasteiger partial charge is 0.350 e. The molecule has 0 atom stereocenters. The lowest BCUT2D eigenvalue weighted by molar-refractivity contribution is -0.122. The normalized spacial score (nSPS) is 16.4. The summed E-state index contributed by atoms with van der Waals surface area (Å²) in [6.07, 6.45) is 4.00. The molecule has 1 aromatic heterocycles. The highest BCUT2D eigenvalue weighted by molar-refractivity contribution is 8.26. The summed E-state index contributed by atoms with van der Waals surface area (Å²) in [5.41, 5.74) is 3.26. The van der Waals surface area contributed by atoms with Crippen LogP contribution in [0.4, 0.5) is 0 Å². The molecular weight excluding hydrogens is 348 g/mol. The van der Waals surface area contributed by atoms with Crippen molar-refractivity contribution in [2.24, 2.45) is 7.05 Å². The van der Waals surface area contributed by atoms with Gasteiger partial charge in [0, 0.05) is 29.7 Å². The number of aryl methyl sites for hydroxylation is 1. The Kier molecular flexibility index (Phi) is 4.19. The molecule has 25 heavy (non-hydrogen) atoms. The summed E-state index contributed by atoms with van der Waals surface area (Å²) >= 11 is 6.81. The zero-order chi connectivity index (χ0) is 17.4. The van der Waals surface area contributed by atoms with Crippen molar-refractivity contribution < 1.29 is 4.79 Å². The van der Waals surface area contributed by atoms with Gasteiger partial charge in [-0.2, -0.15) is 0 Å². The maximum absolute atomic E-state index is 12.8. The molecule has 2 aromatic carbocycles. The Morgan fingerprint density at radius 2 is 1.80 bits per heavy atom. The fourth-order valence-corrected chi connectivity index (χ4v) is 4.28. The first-order valence-electron chi connectivity index (χ1n) is 7.97. The highest BCUT2D eigenvalue weighted by Crippen LogP contribution is 2.35. The summed E-state index contributed by atoms with van der Waals surface area (Å²) in [5.74, 6) is -0.0215. The lowest BCUT2D eigenvalue weighted by Gasteiger charge is -2.14. The minimum Gasteiger partial charge on any atom is -0.350 e. The average molecular weight is 364 g/mol. The van der Waals surface area contributed by atoms with E-state index < -0.39 is 0 Å². The Balaban J connectivity index is 1.66. The van der Waals surface area contributed by atoms with Crippen LogP contribution >= 0.6 is 24.0 Å². The second-order valence-electron chi connectivity index (χ2n) is 5.97. The number of benzene rings is 2. The SMILES string of the molecule is Cn1cc(C=C2SC(=S)N(Cc3ccccc3)C2=O)c2ccccc21. The molecule has 0 N–H and O–H groups in total. The van der Waals surface area contributed by atoms with E-state index in [1.807, 2.05) is 55.6 Å². The van der Waals surface area contributed by atoms with Gasteiger partial charge in [0.15, 0.2) is 0 Å². The standard InChI is InChI=1S/C20H16N2OS2/c1-21-13-15(16-9-5-6-10-17(16)21)11-18-19(23)22(20(24)25-18)12-14-7-3-2-4-8-14/h2-11,13H,12H2,1H3. The molecule has 124 valence electrons. The van der Waals surface area contributed by atoms with E-state index in [1.165, 1.54) is 11.8 Å². The smallest absolute Gasteiger partial charge is 0.266 e. The maximum atomic E-state index is 12.8. The van der Waals surface area contributed by atoms with Gasteiger partial charge in [0.2, 0.25) is 0 Å². The second kappa shape index (κ2) is 6.50. The number of para-hydroxylation sites is 1. The van der Waals surface area contributed by atoms with Crippen LogP contribution in [0, 0.1) is 0 Å². The molecule has 0 bridgehead atoms. The molecule has 2 heterocycles. The van der Waals surface area contributed by atoms with Gasteiger partial charge in [-0.15, -0.1) is 0 Å². The second-order valence-corrected chi connectivity index (χ2v) is 7.64. The minimum atomic E-state index is -0.0215. The molecule has 1 aliphatic heterocycles. The molecule has 0 saturated carbocycles. The van der Waals surface area contributed by atoms with Crippen molar-refractivity contribution in [3.05, 3.63) is 76.8 Å². The van der Waals surface area contributed by atoms with Crippen LogP contribution in [0.5, 0.6) is 0 Å². The number of aromatic nitrogens is 1. The van der Waals surface area contributed by atoms with Gasteiger partial charge in [0.05, 0.1) is 11.4 Å². The van der Waals surface area contributed by atoms with Gasteiger partial charge in [-0.3, -0.25) is 9.69 Å². The Hall–Kier alpha value is -2.37. The van der Waals surface area contributed by atoms with Crippen molar-refractivity contribution in [2.45, 2.75) is 6.54 Å². The summed E-state index contributed by atoms with van der Waals surface area (Å²) in [6, 6.07) is 18.1. The minimum absolute atomic E-state index is 0.0215. The van der Waals surface area contributed by atoms with Gasteiger partial charge >= 0.3 is 0 Å². The van der Waals surface area contributed by atoms with Crippen LogP contribution in [0.2, 0.25) is 0 Å². The zero-order valence-corrected chi connectivity index (χ0v) is 15.3. The summed E-state index contributed by atoms with van der Waals surface area (Å²) in [5, 5.41) is 1.14. The van der Waals surface area contributed by atoms with Crippen molar-refractivity contribution in [1.82, 2.24) is 9.47 Å². The molecule has 1 fully saturated rings. The van der Waals surface area contributed by atoms with Crippen molar-refractivity contribution >= 4 is 51.2 Å². The quantitative estimate of drug-likeness (QED) is 0.502. The first-order chi connectivity index (χ1) is 12.1. The number of thiocarbonyl (C=S) groups is 1. The van der Waals surface area contributed by atoms with E-state index in [9.17, 15) is 4.79 Å². The van der Waals surface area contributed by atoms with E-state index in [0.29, 0.717) is 15.8 Å². The van der Waals surface area contributed by atoms with E-state index >= 15 is 0 Å². The molecule has 1 amide bonds. The van der Waals surface area contributed by atoms with Crippen LogP contribution in [0.3, 0.4) is 0 Å². The number of nitrogens with zero attached hydrogens (tertiary/aromatic N) is 2. The average Bonchev–Trinajstić information content (AvgIpc) is 3.08. The predicted octanol–water partition coefficient (Wildman–Crippen LogP) is 4.58. The van der Waals surface area contributed by atoms with Crippen molar-refractivity contribution in [3.8, 4) is 0 Å². The Morgan fingerprint density at radius 1 is 1.08 bits per heavy atom. The van der Waals surface area contributed by atoms with Gasteiger partial charge in [0.1, 0.15) is 4.32 Å². The zero-order valence-electron chi connectivity index (χ0n) is 13.7. The van der Waals surface area contributed by atoms with E-state index in [0.717, 1.165) is 22.0 Å². The molecule has 0 unspecified atom stereocenters. The van der Waals surface area contributed by atoms with Crippen LogP contribution < -0.4 is 0 Å². The van der Waals surface area contributed by atoms with E-state index in [-0.39, 0.29) is 5.91 Å². The molecule has 0 radical (unpaired) electrons. The fourth-order valence-electron chi connectivity index (χ4n) is 3.03. The van der Waals surface area contributed by atoms with Gasteiger partial charge < -0.3 is 4.57 Å². The van der Waals surface area contributed by atoms with Crippen LogP contribution in [-0.2, 0) is 18.4 Å². The van der Waals surface area contributed by atoms with Crippen LogP contribution in [0.1, 0.15) is 11.1 Å². The molecule has 1 aliphatic rings. The first kappa shape index (κ1) is 16.1. The lowest BCUT2D eigenvalue weighted by Crippen LogP contribution is -2.27. The monoisotopic (exact) mass is 364 g/mol. The molecular formula is C20H16N2OS2. The molecule has 1 saturated heterocycles. The van der Waals surface area contributed by atoms with E-state index in [2.05, 4.69) is 22.9 Å². The number of hydrogen-bond acceptors (Lipinski definition) is 3.